The number of rotatable bonds is 6. The molecule has 2 fully saturated rings. The highest BCUT2D eigenvalue weighted by Crippen LogP contribution is 2.42. The van der Waals surface area contributed by atoms with Gasteiger partial charge in [-0.05, 0) is 44.4 Å². The minimum absolute atomic E-state index is 0.495. The first kappa shape index (κ1) is 14.4. The van der Waals surface area contributed by atoms with Gasteiger partial charge >= 0.3 is 0 Å². The SMILES string of the molecule is CCCCC1CCC(c2nnc(CCl)n2C2CC2)CC1. The minimum atomic E-state index is 0.495. The Labute approximate surface area is 127 Å². The first-order chi connectivity index (χ1) is 9.83. The molecule has 1 heterocycles. The Morgan fingerprint density at radius 2 is 1.85 bits per heavy atom. The van der Waals surface area contributed by atoms with E-state index in [1.807, 2.05) is 0 Å². The van der Waals surface area contributed by atoms with Crippen LogP contribution in [0.2, 0.25) is 0 Å². The van der Waals surface area contributed by atoms with E-state index < -0.39 is 0 Å². The molecule has 0 aliphatic heterocycles. The van der Waals surface area contributed by atoms with E-state index in [-0.39, 0.29) is 0 Å². The molecular formula is C16H26ClN3. The fourth-order valence-electron chi connectivity index (χ4n) is 3.64. The van der Waals surface area contributed by atoms with Crippen molar-refractivity contribution in [2.75, 3.05) is 0 Å². The second-order valence-corrected chi connectivity index (χ2v) is 6.84. The summed E-state index contributed by atoms with van der Waals surface area (Å²) < 4.78 is 2.37. The number of unbranched alkanes of at least 4 members (excludes halogenated alkanes) is 1. The van der Waals surface area contributed by atoms with Gasteiger partial charge in [-0.2, -0.15) is 0 Å². The van der Waals surface area contributed by atoms with Crippen LogP contribution in [-0.2, 0) is 5.88 Å². The van der Waals surface area contributed by atoms with E-state index in [0.29, 0.717) is 17.8 Å². The summed E-state index contributed by atoms with van der Waals surface area (Å²) in [6.07, 6.45) is 12.0. The summed E-state index contributed by atoms with van der Waals surface area (Å²) in [5.74, 6) is 4.29. The average Bonchev–Trinajstić information content (AvgIpc) is 3.24. The summed E-state index contributed by atoms with van der Waals surface area (Å²) in [6.45, 7) is 2.29. The highest BCUT2D eigenvalue weighted by atomic mass is 35.5. The molecule has 0 bridgehead atoms. The zero-order valence-electron chi connectivity index (χ0n) is 12.5. The molecule has 0 radical (unpaired) electrons. The lowest BCUT2D eigenvalue weighted by molar-refractivity contribution is 0.294. The molecule has 112 valence electrons. The molecule has 3 rings (SSSR count). The molecular weight excluding hydrogens is 270 g/mol. The van der Waals surface area contributed by atoms with Gasteiger partial charge in [0, 0.05) is 12.0 Å². The zero-order valence-corrected chi connectivity index (χ0v) is 13.3. The van der Waals surface area contributed by atoms with Crippen LogP contribution in [0.25, 0.3) is 0 Å². The van der Waals surface area contributed by atoms with Crippen molar-refractivity contribution in [3.63, 3.8) is 0 Å². The van der Waals surface area contributed by atoms with E-state index in [0.717, 1.165) is 11.7 Å². The molecule has 2 aliphatic carbocycles. The van der Waals surface area contributed by atoms with Crippen LogP contribution in [0.15, 0.2) is 0 Å². The van der Waals surface area contributed by atoms with Gasteiger partial charge in [0.05, 0.1) is 5.88 Å². The first-order valence-electron chi connectivity index (χ1n) is 8.33. The van der Waals surface area contributed by atoms with E-state index in [4.69, 9.17) is 11.6 Å². The van der Waals surface area contributed by atoms with Crippen LogP contribution < -0.4 is 0 Å². The van der Waals surface area contributed by atoms with Gasteiger partial charge in [0.25, 0.3) is 0 Å². The molecule has 0 saturated heterocycles. The van der Waals surface area contributed by atoms with Crippen LogP contribution in [-0.4, -0.2) is 14.8 Å². The summed E-state index contributed by atoms with van der Waals surface area (Å²) in [5.41, 5.74) is 0. The lowest BCUT2D eigenvalue weighted by Gasteiger charge is -2.28. The molecule has 2 aliphatic rings. The maximum atomic E-state index is 6.01. The van der Waals surface area contributed by atoms with Gasteiger partial charge in [0.15, 0.2) is 0 Å². The Morgan fingerprint density at radius 1 is 1.10 bits per heavy atom. The van der Waals surface area contributed by atoms with Gasteiger partial charge < -0.3 is 4.57 Å². The van der Waals surface area contributed by atoms with Crippen molar-refractivity contribution in [2.24, 2.45) is 5.92 Å². The fraction of sp³-hybridized carbons (Fsp3) is 0.875. The Hall–Kier alpha value is -0.570. The predicted molar refractivity (Wildman–Crippen MR) is 82.1 cm³/mol. The summed E-state index contributed by atoms with van der Waals surface area (Å²) in [6, 6.07) is 0.645. The topological polar surface area (TPSA) is 30.7 Å². The van der Waals surface area contributed by atoms with Crippen molar-refractivity contribution in [1.29, 1.82) is 0 Å². The third-order valence-corrected chi connectivity index (χ3v) is 5.24. The third-order valence-electron chi connectivity index (χ3n) is 5.00. The Bertz CT molecular complexity index is 431. The third kappa shape index (κ3) is 3.03. The van der Waals surface area contributed by atoms with Crippen LogP contribution in [0.4, 0.5) is 0 Å². The normalized spacial score (nSPS) is 26.9. The molecule has 0 unspecified atom stereocenters. The Balaban J connectivity index is 1.64. The lowest BCUT2D eigenvalue weighted by Crippen LogP contribution is -2.17. The smallest absolute Gasteiger partial charge is 0.148 e. The van der Waals surface area contributed by atoms with Crippen molar-refractivity contribution in [3.8, 4) is 0 Å². The lowest BCUT2D eigenvalue weighted by atomic mass is 9.79. The molecule has 20 heavy (non-hydrogen) atoms. The molecule has 0 atom stereocenters. The van der Waals surface area contributed by atoms with Crippen molar-refractivity contribution in [1.82, 2.24) is 14.8 Å². The molecule has 1 aromatic rings. The summed E-state index contributed by atoms with van der Waals surface area (Å²) in [4.78, 5) is 0. The number of hydrogen-bond donors (Lipinski definition) is 0. The van der Waals surface area contributed by atoms with E-state index in [1.165, 1.54) is 63.6 Å². The average molecular weight is 296 g/mol. The Morgan fingerprint density at radius 3 is 2.45 bits per heavy atom. The monoisotopic (exact) mass is 295 g/mol. The van der Waals surface area contributed by atoms with Crippen LogP contribution in [0.3, 0.4) is 0 Å². The van der Waals surface area contributed by atoms with Crippen molar-refractivity contribution in [2.45, 2.75) is 82.6 Å². The first-order valence-corrected chi connectivity index (χ1v) is 8.86. The highest BCUT2D eigenvalue weighted by Gasteiger charge is 2.33. The summed E-state index contributed by atoms with van der Waals surface area (Å²) in [7, 11) is 0. The van der Waals surface area contributed by atoms with Gasteiger partial charge in [-0.25, -0.2) is 0 Å². The molecule has 4 heteroatoms. The predicted octanol–water partition coefficient (Wildman–Crippen LogP) is 4.82. The van der Waals surface area contributed by atoms with Crippen molar-refractivity contribution in [3.05, 3.63) is 11.6 Å². The molecule has 0 spiro atoms. The van der Waals surface area contributed by atoms with E-state index >= 15 is 0 Å². The number of aromatic nitrogens is 3. The number of alkyl halides is 1. The molecule has 1 aromatic heterocycles. The number of hydrogen-bond acceptors (Lipinski definition) is 2. The Kier molecular flexibility index (Phi) is 4.65. The van der Waals surface area contributed by atoms with Gasteiger partial charge in [-0.3, -0.25) is 0 Å². The van der Waals surface area contributed by atoms with E-state index in [1.54, 1.807) is 0 Å². The fourth-order valence-corrected chi connectivity index (χ4v) is 3.82. The molecule has 0 amide bonds. The zero-order chi connectivity index (χ0) is 13.9. The van der Waals surface area contributed by atoms with Crippen LogP contribution >= 0.6 is 11.6 Å². The highest BCUT2D eigenvalue weighted by molar-refractivity contribution is 6.16. The molecule has 2 saturated carbocycles. The summed E-state index contributed by atoms with van der Waals surface area (Å²) >= 11 is 6.01. The molecule has 0 N–H and O–H groups in total. The van der Waals surface area contributed by atoms with Crippen LogP contribution in [0.1, 0.15) is 88.3 Å². The standard InChI is InChI=1S/C16H26ClN3/c1-2-3-4-12-5-7-13(8-6-12)16-19-18-15(11-17)20(16)14-9-10-14/h12-14H,2-11H2,1H3. The maximum Gasteiger partial charge on any atom is 0.148 e. The number of nitrogens with zero attached hydrogens (tertiary/aromatic N) is 3. The number of halogens is 1. The quantitative estimate of drug-likeness (QED) is 0.705. The second-order valence-electron chi connectivity index (χ2n) is 6.57. The van der Waals surface area contributed by atoms with Crippen LogP contribution in [0, 0.1) is 5.92 Å². The van der Waals surface area contributed by atoms with E-state index in [9.17, 15) is 0 Å². The second kappa shape index (κ2) is 6.46. The largest absolute Gasteiger partial charge is 0.311 e. The molecule has 0 aromatic carbocycles. The van der Waals surface area contributed by atoms with Crippen LogP contribution in [0.5, 0.6) is 0 Å². The van der Waals surface area contributed by atoms with Gasteiger partial charge in [0.2, 0.25) is 0 Å². The van der Waals surface area contributed by atoms with Gasteiger partial charge in [-0.1, -0.05) is 26.2 Å². The molecule has 3 nitrogen and oxygen atoms in total. The summed E-state index contributed by atoms with van der Waals surface area (Å²) in [5, 5.41) is 8.81. The van der Waals surface area contributed by atoms with Crippen molar-refractivity contribution < 1.29 is 0 Å². The maximum absolute atomic E-state index is 6.01. The van der Waals surface area contributed by atoms with E-state index in [2.05, 4.69) is 21.7 Å². The van der Waals surface area contributed by atoms with Crippen molar-refractivity contribution >= 4 is 11.6 Å². The van der Waals surface area contributed by atoms with Gasteiger partial charge in [0.1, 0.15) is 11.6 Å². The minimum Gasteiger partial charge on any atom is -0.311 e. The van der Waals surface area contributed by atoms with Gasteiger partial charge in [-0.15, -0.1) is 21.8 Å².